The van der Waals surface area contributed by atoms with Crippen LogP contribution in [0.5, 0.6) is 0 Å². The maximum atomic E-state index is 11.3. The van der Waals surface area contributed by atoms with Gasteiger partial charge in [0.05, 0.1) is 4.92 Å². The summed E-state index contributed by atoms with van der Waals surface area (Å²) in [6, 6.07) is 3.11. The number of carbonyl (C=O) groups excluding carboxylic acids is 1. The van der Waals surface area contributed by atoms with E-state index in [0.717, 1.165) is 16.2 Å². The first-order valence-electron chi connectivity index (χ1n) is 5.65. The number of hydrogen-bond donors (Lipinski definition) is 1. The lowest BCUT2D eigenvalue weighted by atomic mass is 10.2. The molecule has 19 heavy (non-hydrogen) atoms. The summed E-state index contributed by atoms with van der Waals surface area (Å²) in [5.41, 5.74) is -0.526. The second-order valence-corrected chi connectivity index (χ2v) is 5.81. The van der Waals surface area contributed by atoms with E-state index < -0.39 is 16.6 Å². The van der Waals surface area contributed by atoms with Crippen LogP contribution >= 0.6 is 11.3 Å². The molecule has 0 aromatic carbocycles. The first-order valence-corrected chi connectivity index (χ1v) is 6.47. The summed E-state index contributed by atoms with van der Waals surface area (Å²) in [5.74, 6) is 0. The van der Waals surface area contributed by atoms with Crippen LogP contribution in [-0.2, 0) is 4.74 Å². The van der Waals surface area contributed by atoms with E-state index in [-0.39, 0.29) is 5.00 Å². The van der Waals surface area contributed by atoms with Crippen molar-refractivity contribution in [3.05, 3.63) is 33.2 Å². The van der Waals surface area contributed by atoms with Gasteiger partial charge in [-0.1, -0.05) is 17.4 Å². The summed E-state index contributed by atoms with van der Waals surface area (Å²) in [7, 11) is 0. The van der Waals surface area contributed by atoms with Crippen LogP contribution in [0, 0.1) is 10.1 Å². The van der Waals surface area contributed by atoms with Gasteiger partial charge >= 0.3 is 11.1 Å². The topological polar surface area (TPSA) is 81.5 Å². The predicted molar refractivity (Wildman–Crippen MR) is 74.2 cm³/mol. The largest absolute Gasteiger partial charge is 0.444 e. The second kappa shape index (κ2) is 6.33. The Morgan fingerprint density at radius 3 is 2.74 bits per heavy atom. The summed E-state index contributed by atoms with van der Waals surface area (Å²) in [6.45, 7) is 5.66. The number of alkyl carbamates (subject to hydrolysis) is 1. The van der Waals surface area contributed by atoms with Gasteiger partial charge in [0.1, 0.15) is 5.60 Å². The van der Waals surface area contributed by atoms with Crippen molar-refractivity contribution in [2.24, 2.45) is 0 Å². The molecule has 1 rings (SSSR count). The van der Waals surface area contributed by atoms with Crippen LogP contribution in [-0.4, -0.2) is 23.2 Å². The number of hydrogen-bond acceptors (Lipinski definition) is 5. The minimum absolute atomic E-state index is 0.0970. The first kappa shape index (κ1) is 15.2. The zero-order valence-electron chi connectivity index (χ0n) is 11.0. The van der Waals surface area contributed by atoms with Gasteiger partial charge in [-0.2, -0.15) is 0 Å². The van der Waals surface area contributed by atoms with Crippen LogP contribution in [0.3, 0.4) is 0 Å². The fraction of sp³-hybridized carbons (Fsp3) is 0.417. The van der Waals surface area contributed by atoms with Gasteiger partial charge in [0.15, 0.2) is 0 Å². The van der Waals surface area contributed by atoms with E-state index in [9.17, 15) is 14.9 Å². The molecule has 0 bridgehead atoms. The molecule has 0 atom stereocenters. The molecule has 0 fully saturated rings. The average molecular weight is 284 g/mol. The van der Waals surface area contributed by atoms with Crippen LogP contribution in [0.4, 0.5) is 9.80 Å². The monoisotopic (exact) mass is 284 g/mol. The van der Waals surface area contributed by atoms with Crippen molar-refractivity contribution in [1.82, 2.24) is 5.32 Å². The van der Waals surface area contributed by atoms with Crippen molar-refractivity contribution in [3.63, 3.8) is 0 Å². The Hall–Kier alpha value is -1.89. The summed E-state index contributed by atoms with van der Waals surface area (Å²) in [6.07, 6.45) is 2.93. The zero-order valence-corrected chi connectivity index (χ0v) is 11.8. The molecular weight excluding hydrogens is 268 g/mol. The Kier molecular flexibility index (Phi) is 5.05. The van der Waals surface area contributed by atoms with Crippen molar-refractivity contribution in [2.45, 2.75) is 26.4 Å². The molecule has 0 aliphatic rings. The van der Waals surface area contributed by atoms with Crippen LogP contribution < -0.4 is 5.32 Å². The van der Waals surface area contributed by atoms with Gasteiger partial charge in [0.25, 0.3) is 0 Å². The fourth-order valence-corrected chi connectivity index (χ4v) is 1.91. The molecule has 0 aliphatic heterocycles. The van der Waals surface area contributed by atoms with Crippen molar-refractivity contribution >= 4 is 28.5 Å². The van der Waals surface area contributed by atoms with E-state index in [2.05, 4.69) is 5.32 Å². The Balaban J connectivity index is 2.38. The third kappa shape index (κ3) is 6.01. The molecule has 0 aliphatic carbocycles. The van der Waals surface area contributed by atoms with E-state index in [0.29, 0.717) is 6.54 Å². The molecule has 0 saturated carbocycles. The molecule has 0 radical (unpaired) electrons. The Labute approximate surface area is 115 Å². The summed E-state index contributed by atoms with van der Waals surface area (Å²) >= 11 is 1.08. The van der Waals surface area contributed by atoms with Crippen LogP contribution in [0.1, 0.15) is 25.6 Å². The lowest BCUT2D eigenvalue weighted by Crippen LogP contribution is -2.32. The summed E-state index contributed by atoms with van der Waals surface area (Å²) in [5, 5.41) is 13.1. The number of nitro groups is 1. The van der Waals surface area contributed by atoms with Crippen molar-refractivity contribution < 1.29 is 14.5 Å². The van der Waals surface area contributed by atoms with Gasteiger partial charge in [0, 0.05) is 17.5 Å². The van der Waals surface area contributed by atoms with Crippen LogP contribution in [0.15, 0.2) is 18.2 Å². The quantitative estimate of drug-likeness (QED) is 0.680. The lowest BCUT2D eigenvalue weighted by Gasteiger charge is -2.19. The van der Waals surface area contributed by atoms with Gasteiger partial charge in [-0.05, 0) is 32.9 Å². The molecule has 0 spiro atoms. The predicted octanol–water partition coefficient (Wildman–Crippen LogP) is 3.19. The maximum absolute atomic E-state index is 11.3. The van der Waals surface area contributed by atoms with E-state index in [1.54, 1.807) is 39.0 Å². The summed E-state index contributed by atoms with van der Waals surface area (Å²) < 4.78 is 5.05. The van der Waals surface area contributed by atoms with Gasteiger partial charge in [-0.15, -0.1) is 0 Å². The Morgan fingerprint density at radius 1 is 1.53 bits per heavy atom. The number of thiophene rings is 1. The van der Waals surface area contributed by atoms with Crippen molar-refractivity contribution in [2.75, 3.05) is 6.54 Å². The number of rotatable bonds is 4. The van der Waals surface area contributed by atoms with E-state index in [1.807, 2.05) is 0 Å². The van der Waals surface area contributed by atoms with Gasteiger partial charge in [-0.3, -0.25) is 10.1 Å². The fourth-order valence-electron chi connectivity index (χ4n) is 1.16. The van der Waals surface area contributed by atoms with Crippen molar-refractivity contribution in [3.8, 4) is 0 Å². The molecule has 1 amide bonds. The number of carbonyl (C=O) groups is 1. The molecule has 1 heterocycles. The minimum Gasteiger partial charge on any atom is -0.444 e. The molecule has 104 valence electrons. The molecule has 6 nitrogen and oxygen atoms in total. The summed E-state index contributed by atoms with van der Waals surface area (Å²) in [4.78, 5) is 22.1. The number of amides is 1. The number of nitrogens with zero attached hydrogens (tertiary/aromatic N) is 1. The van der Waals surface area contributed by atoms with E-state index in [1.165, 1.54) is 6.07 Å². The highest BCUT2D eigenvalue weighted by Crippen LogP contribution is 2.24. The highest BCUT2D eigenvalue weighted by molar-refractivity contribution is 7.16. The van der Waals surface area contributed by atoms with Gasteiger partial charge < -0.3 is 10.1 Å². The molecule has 1 N–H and O–H groups in total. The maximum Gasteiger partial charge on any atom is 0.407 e. The minimum atomic E-state index is -0.526. The Morgan fingerprint density at radius 2 is 2.21 bits per heavy atom. The molecular formula is C12H16N2O4S. The first-order chi connectivity index (χ1) is 8.78. The standard InChI is InChI=1S/C12H16N2O4S/c1-12(2,3)18-11(15)13-8-4-5-9-6-7-10(19-9)14(16)17/h4-7H,8H2,1-3H3,(H,13,15)/b5-4+. The highest BCUT2D eigenvalue weighted by atomic mass is 32.1. The molecule has 0 saturated heterocycles. The van der Waals surface area contributed by atoms with E-state index in [4.69, 9.17) is 4.74 Å². The Bertz CT molecular complexity index is 488. The van der Waals surface area contributed by atoms with E-state index >= 15 is 0 Å². The van der Waals surface area contributed by atoms with Crippen LogP contribution in [0.2, 0.25) is 0 Å². The van der Waals surface area contributed by atoms with Gasteiger partial charge in [0.2, 0.25) is 0 Å². The third-order valence-electron chi connectivity index (χ3n) is 1.84. The molecule has 7 heteroatoms. The van der Waals surface area contributed by atoms with Crippen LogP contribution in [0.25, 0.3) is 6.08 Å². The number of ether oxygens (including phenoxy) is 1. The molecule has 1 aromatic heterocycles. The SMILES string of the molecule is CC(C)(C)OC(=O)NC/C=C/c1ccc([N+](=O)[O-])s1. The molecule has 0 unspecified atom stereocenters. The molecule has 1 aromatic rings. The second-order valence-electron chi connectivity index (χ2n) is 4.72. The third-order valence-corrected chi connectivity index (χ3v) is 2.84. The van der Waals surface area contributed by atoms with Crippen molar-refractivity contribution in [1.29, 1.82) is 0 Å². The normalized spacial score (nSPS) is 11.5. The lowest BCUT2D eigenvalue weighted by molar-refractivity contribution is -0.380. The smallest absolute Gasteiger partial charge is 0.407 e. The number of nitrogens with one attached hydrogen (secondary N) is 1. The average Bonchev–Trinajstić information content (AvgIpc) is 2.70. The zero-order chi connectivity index (χ0) is 14.5. The highest BCUT2D eigenvalue weighted by Gasteiger charge is 2.15. The van der Waals surface area contributed by atoms with Gasteiger partial charge in [-0.25, -0.2) is 4.79 Å².